The van der Waals surface area contributed by atoms with Crippen molar-refractivity contribution < 1.29 is 0 Å². The second-order valence-electron chi connectivity index (χ2n) is 2.25. The molecule has 0 aromatic carbocycles. The van der Waals surface area contributed by atoms with Gasteiger partial charge in [0.15, 0.2) is 0 Å². The zero-order valence-electron chi connectivity index (χ0n) is 6.26. The van der Waals surface area contributed by atoms with Crippen LogP contribution in [0.1, 0.15) is 12.8 Å². The minimum Gasteiger partial charge on any atom is -0.319 e. The summed E-state index contributed by atoms with van der Waals surface area (Å²) in [5, 5.41) is 5.31. The maximum absolute atomic E-state index is 3.14. The molecular formula is C8H13NS. The third-order valence-electron chi connectivity index (χ3n) is 1.42. The molecule has 0 aromatic rings. The van der Waals surface area contributed by atoms with Gasteiger partial charge in [-0.15, -0.1) is 11.8 Å². The van der Waals surface area contributed by atoms with Crippen LogP contribution < -0.4 is 5.32 Å². The van der Waals surface area contributed by atoms with Crippen LogP contribution in [0.3, 0.4) is 0 Å². The van der Waals surface area contributed by atoms with Crippen molar-refractivity contribution in [1.82, 2.24) is 5.32 Å². The first-order valence-corrected chi connectivity index (χ1v) is 4.47. The van der Waals surface area contributed by atoms with Gasteiger partial charge in [-0.2, -0.15) is 0 Å². The SMILES string of the molecule is CNCCC1=CCC=CS1. The summed E-state index contributed by atoms with van der Waals surface area (Å²) < 4.78 is 0. The first-order valence-electron chi connectivity index (χ1n) is 3.59. The molecule has 1 aliphatic rings. The number of hydrogen-bond acceptors (Lipinski definition) is 2. The molecule has 1 aliphatic heterocycles. The Hall–Kier alpha value is -0.210. The van der Waals surface area contributed by atoms with E-state index in [1.807, 2.05) is 18.8 Å². The highest BCUT2D eigenvalue weighted by Crippen LogP contribution is 2.24. The molecule has 1 rings (SSSR count). The van der Waals surface area contributed by atoms with E-state index < -0.39 is 0 Å². The predicted molar refractivity (Wildman–Crippen MR) is 48.0 cm³/mol. The van der Waals surface area contributed by atoms with Crippen LogP contribution in [0, 0.1) is 0 Å². The van der Waals surface area contributed by atoms with Crippen LogP contribution in [0.25, 0.3) is 0 Å². The van der Waals surface area contributed by atoms with Crippen molar-refractivity contribution in [1.29, 1.82) is 0 Å². The van der Waals surface area contributed by atoms with E-state index in [1.165, 1.54) is 11.3 Å². The lowest BCUT2D eigenvalue weighted by Gasteiger charge is -2.05. The van der Waals surface area contributed by atoms with Crippen molar-refractivity contribution in [3.8, 4) is 0 Å². The smallest absolute Gasteiger partial charge is 0.000630 e. The molecule has 0 aromatic heterocycles. The minimum atomic E-state index is 1.09. The van der Waals surface area contributed by atoms with Gasteiger partial charge in [0.1, 0.15) is 0 Å². The maximum atomic E-state index is 3.14. The van der Waals surface area contributed by atoms with Crippen LogP contribution >= 0.6 is 11.8 Å². The Labute approximate surface area is 66.6 Å². The van der Waals surface area contributed by atoms with Crippen LogP contribution in [0.4, 0.5) is 0 Å². The van der Waals surface area contributed by atoms with Gasteiger partial charge < -0.3 is 5.32 Å². The zero-order chi connectivity index (χ0) is 7.23. The van der Waals surface area contributed by atoms with Gasteiger partial charge in [0, 0.05) is 0 Å². The molecule has 0 fully saturated rings. The second kappa shape index (κ2) is 4.58. The molecule has 0 bridgehead atoms. The lowest BCUT2D eigenvalue weighted by atomic mass is 10.3. The zero-order valence-corrected chi connectivity index (χ0v) is 7.08. The molecule has 0 spiro atoms. The molecule has 1 heterocycles. The van der Waals surface area contributed by atoms with Crippen molar-refractivity contribution in [2.45, 2.75) is 12.8 Å². The van der Waals surface area contributed by atoms with E-state index >= 15 is 0 Å². The lowest BCUT2D eigenvalue weighted by Crippen LogP contribution is -2.07. The molecule has 1 nitrogen and oxygen atoms in total. The Bertz CT molecular complexity index is 149. The Kier molecular flexibility index (Phi) is 3.62. The first-order chi connectivity index (χ1) is 4.93. The van der Waals surface area contributed by atoms with Crippen LogP contribution in [0.5, 0.6) is 0 Å². The quantitative estimate of drug-likeness (QED) is 0.670. The molecule has 0 unspecified atom stereocenters. The van der Waals surface area contributed by atoms with Crippen LogP contribution in [-0.4, -0.2) is 13.6 Å². The number of allylic oxidation sites excluding steroid dienone is 2. The monoisotopic (exact) mass is 155 g/mol. The second-order valence-corrected chi connectivity index (χ2v) is 3.28. The standard InChI is InChI=1S/C8H13NS/c1-9-6-5-8-4-2-3-7-10-8/h3-4,7,9H,2,5-6H2,1H3. The highest BCUT2D eigenvalue weighted by Gasteiger charge is 1.97. The number of thioether (sulfide) groups is 1. The van der Waals surface area contributed by atoms with E-state index in [0.29, 0.717) is 0 Å². The Morgan fingerprint density at radius 2 is 2.60 bits per heavy atom. The van der Waals surface area contributed by atoms with Crippen LogP contribution in [-0.2, 0) is 0 Å². The van der Waals surface area contributed by atoms with Crippen LogP contribution in [0.15, 0.2) is 22.5 Å². The van der Waals surface area contributed by atoms with Gasteiger partial charge in [0.25, 0.3) is 0 Å². The van der Waals surface area contributed by atoms with Gasteiger partial charge in [0.2, 0.25) is 0 Å². The van der Waals surface area contributed by atoms with Crippen molar-refractivity contribution in [3.05, 3.63) is 22.5 Å². The minimum absolute atomic E-state index is 1.09. The number of nitrogens with one attached hydrogen (secondary N) is 1. The summed E-state index contributed by atoms with van der Waals surface area (Å²) in [7, 11) is 1.99. The fraction of sp³-hybridized carbons (Fsp3) is 0.500. The summed E-state index contributed by atoms with van der Waals surface area (Å²) >= 11 is 1.84. The molecule has 0 saturated heterocycles. The highest BCUT2D eigenvalue weighted by atomic mass is 32.2. The lowest BCUT2D eigenvalue weighted by molar-refractivity contribution is 0.801. The third-order valence-corrected chi connectivity index (χ3v) is 2.42. The summed E-state index contributed by atoms with van der Waals surface area (Å²) in [4.78, 5) is 1.50. The van der Waals surface area contributed by atoms with Crippen LogP contribution in [0.2, 0.25) is 0 Å². The number of rotatable bonds is 3. The molecule has 0 aliphatic carbocycles. The molecule has 0 atom stereocenters. The third kappa shape index (κ3) is 2.58. The molecule has 0 radical (unpaired) electrons. The van der Waals surface area contributed by atoms with E-state index in [4.69, 9.17) is 0 Å². The van der Waals surface area contributed by atoms with E-state index in [0.717, 1.165) is 13.0 Å². The molecule has 0 amide bonds. The molecule has 1 N–H and O–H groups in total. The summed E-state index contributed by atoms with van der Waals surface area (Å²) in [6.45, 7) is 1.09. The Morgan fingerprint density at radius 1 is 1.70 bits per heavy atom. The predicted octanol–water partition coefficient (Wildman–Crippen LogP) is 2.13. The van der Waals surface area contributed by atoms with Gasteiger partial charge in [-0.25, -0.2) is 0 Å². The summed E-state index contributed by atoms with van der Waals surface area (Å²) in [5.41, 5.74) is 0. The average Bonchev–Trinajstić information content (AvgIpc) is 2.03. The van der Waals surface area contributed by atoms with E-state index in [1.54, 1.807) is 0 Å². The fourth-order valence-corrected chi connectivity index (χ4v) is 1.64. The van der Waals surface area contributed by atoms with E-state index in [2.05, 4.69) is 22.9 Å². The van der Waals surface area contributed by atoms with E-state index in [-0.39, 0.29) is 0 Å². The van der Waals surface area contributed by atoms with Crippen molar-refractivity contribution in [2.75, 3.05) is 13.6 Å². The van der Waals surface area contributed by atoms with E-state index in [9.17, 15) is 0 Å². The van der Waals surface area contributed by atoms with Gasteiger partial charge in [-0.3, -0.25) is 0 Å². The summed E-state index contributed by atoms with van der Waals surface area (Å²) in [6, 6.07) is 0. The normalized spacial score (nSPS) is 17.1. The fourth-order valence-electron chi connectivity index (χ4n) is 0.848. The highest BCUT2D eigenvalue weighted by molar-refractivity contribution is 8.05. The van der Waals surface area contributed by atoms with Gasteiger partial charge >= 0.3 is 0 Å². The summed E-state index contributed by atoms with van der Waals surface area (Å²) in [6.07, 6.45) is 6.77. The first kappa shape index (κ1) is 7.89. The molecule has 10 heavy (non-hydrogen) atoms. The van der Waals surface area contributed by atoms with Crippen molar-refractivity contribution in [2.24, 2.45) is 0 Å². The topological polar surface area (TPSA) is 12.0 Å². The molecule has 2 heteroatoms. The number of hydrogen-bond donors (Lipinski definition) is 1. The van der Waals surface area contributed by atoms with Crippen molar-refractivity contribution in [3.63, 3.8) is 0 Å². The Morgan fingerprint density at radius 3 is 3.20 bits per heavy atom. The average molecular weight is 155 g/mol. The molecule has 56 valence electrons. The molecule has 0 saturated carbocycles. The molecular weight excluding hydrogens is 142 g/mol. The van der Waals surface area contributed by atoms with Crippen molar-refractivity contribution >= 4 is 11.8 Å². The largest absolute Gasteiger partial charge is 0.319 e. The van der Waals surface area contributed by atoms with Gasteiger partial charge in [-0.05, 0) is 36.7 Å². The van der Waals surface area contributed by atoms with Gasteiger partial charge in [0.05, 0.1) is 0 Å². The Balaban J connectivity index is 2.21. The summed E-state index contributed by atoms with van der Waals surface area (Å²) in [5.74, 6) is 0. The van der Waals surface area contributed by atoms with Gasteiger partial charge in [-0.1, -0.05) is 12.2 Å². The maximum Gasteiger partial charge on any atom is -0.000630 e.